The molecule has 0 radical (unpaired) electrons. The molecule has 0 spiro atoms. The van der Waals surface area contributed by atoms with Crippen LogP contribution < -0.4 is 4.72 Å². The molecule has 0 bridgehead atoms. The smallest absolute Gasteiger partial charge is 0.253 e. The van der Waals surface area contributed by atoms with Gasteiger partial charge in [0.2, 0.25) is 10.0 Å². The van der Waals surface area contributed by atoms with Gasteiger partial charge in [-0.3, -0.25) is 4.79 Å². The van der Waals surface area contributed by atoms with Crippen LogP contribution in [0.2, 0.25) is 0 Å². The molecule has 4 rings (SSSR count). The average Bonchev–Trinajstić information content (AvgIpc) is 3.33. The van der Waals surface area contributed by atoms with Crippen LogP contribution in [0, 0.1) is 5.92 Å². The van der Waals surface area contributed by atoms with E-state index in [0.717, 1.165) is 18.4 Å². The SMILES string of the molecule is O=C(c1cccc(S(=O)(=O)NCc2ccccc2)c1)N1CCCC(C2OCCO2)C1. The van der Waals surface area contributed by atoms with Gasteiger partial charge in [0.25, 0.3) is 5.91 Å². The highest BCUT2D eigenvalue weighted by molar-refractivity contribution is 7.89. The van der Waals surface area contributed by atoms with Crippen molar-refractivity contribution in [3.63, 3.8) is 0 Å². The van der Waals surface area contributed by atoms with E-state index in [1.807, 2.05) is 30.3 Å². The number of piperidine rings is 1. The van der Waals surface area contributed by atoms with Gasteiger partial charge in [-0.2, -0.15) is 0 Å². The Bertz CT molecular complexity index is 974. The monoisotopic (exact) mass is 430 g/mol. The molecule has 7 nitrogen and oxygen atoms in total. The lowest BCUT2D eigenvalue weighted by molar-refractivity contribution is -0.0969. The molecule has 0 aromatic heterocycles. The summed E-state index contributed by atoms with van der Waals surface area (Å²) in [6.45, 7) is 2.56. The summed E-state index contributed by atoms with van der Waals surface area (Å²) in [4.78, 5) is 14.9. The molecule has 2 heterocycles. The van der Waals surface area contributed by atoms with E-state index in [-0.39, 0.29) is 29.6 Å². The minimum atomic E-state index is -3.73. The van der Waals surface area contributed by atoms with Gasteiger partial charge in [0.1, 0.15) is 0 Å². The third-order valence-electron chi connectivity index (χ3n) is 5.48. The minimum absolute atomic E-state index is 0.0836. The van der Waals surface area contributed by atoms with Crippen LogP contribution in [0.4, 0.5) is 0 Å². The Balaban J connectivity index is 1.44. The summed E-state index contributed by atoms with van der Waals surface area (Å²) in [7, 11) is -3.73. The fraction of sp³-hybridized carbons (Fsp3) is 0.409. The summed E-state index contributed by atoms with van der Waals surface area (Å²) >= 11 is 0. The van der Waals surface area contributed by atoms with Crippen molar-refractivity contribution in [1.82, 2.24) is 9.62 Å². The normalized spacial score (nSPS) is 20.4. The largest absolute Gasteiger partial charge is 0.350 e. The average molecular weight is 431 g/mol. The predicted octanol–water partition coefficient (Wildman–Crippen LogP) is 2.39. The number of ether oxygens (including phenoxy) is 2. The Morgan fingerprint density at radius 1 is 1.07 bits per heavy atom. The maximum Gasteiger partial charge on any atom is 0.253 e. The molecule has 2 aromatic rings. The molecular formula is C22H26N2O5S. The number of benzene rings is 2. The fourth-order valence-electron chi connectivity index (χ4n) is 3.90. The number of nitrogens with zero attached hydrogens (tertiary/aromatic N) is 1. The van der Waals surface area contributed by atoms with Crippen molar-refractivity contribution >= 4 is 15.9 Å². The molecule has 1 unspecified atom stereocenters. The first-order valence-electron chi connectivity index (χ1n) is 10.2. The Morgan fingerprint density at radius 3 is 2.60 bits per heavy atom. The summed E-state index contributed by atoms with van der Waals surface area (Å²) in [6, 6.07) is 15.5. The van der Waals surface area contributed by atoms with Crippen LogP contribution in [0.15, 0.2) is 59.5 Å². The highest BCUT2D eigenvalue weighted by Crippen LogP contribution is 2.26. The van der Waals surface area contributed by atoms with Crippen molar-refractivity contribution in [2.75, 3.05) is 26.3 Å². The number of hydrogen-bond donors (Lipinski definition) is 1. The Morgan fingerprint density at radius 2 is 1.83 bits per heavy atom. The van der Waals surface area contributed by atoms with Gasteiger partial charge in [-0.15, -0.1) is 0 Å². The van der Waals surface area contributed by atoms with Gasteiger partial charge in [-0.05, 0) is 36.6 Å². The third kappa shape index (κ3) is 4.89. The second-order valence-corrected chi connectivity index (χ2v) is 9.37. The zero-order valence-electron chi connectivity index (χ0n) is 16.7. The highest BCUT2D eigenvalue weighted by Gasteiger charge is 2.33. The van der Waals surface area contributed by atoms with Crippen LogP contribution in [0.1, 0.15) is 28.8 Å². The second-order valence-electron chi connectivity index (χ2n) is 7.60. The lowest BCUT2D eigenvalue weighted by Crippen LogP contribution is -2.43. The topological polar surface area (TPSA) is 84.9 Å². The molecule has 1 amide bonds. The first-order valence-corrected chi connectivity index (χ1v) is 11.7. The summed E-state index contributed by atoms with van der Waals surface area (Å²) in [5.74, 6) is -0.0255. The van der Waals surface area contributed by atoms with Gasteiger partial charge >= 0.3 is 0 Å². The van der Waals surface area contributed by atoms with Crippen LogP contribution in [0.3, 0.4) is 0 Å². The molecule has 2 aliphatic rings. The van der Waals surface area contributed by atoms with E-state index >= 15 is 0 Å². The summed E-state index contributed by atoms with van der Waals surface area (Å²) < 4.78 is 39.2. The molecule has 160 valence electrons. The molecule has 30 heavy (non-hydrogen) atoms. The maximum absolute atomic E-state index is 13.0. The number of sulfonamides is 1. The van der Waals surface area contributed by atoms with Crippen LogP contribution in [0.25, 0.3) is 0 Å². The molecule has 2 aromatic carbocycles. The van der Waals surface area contributed by atoms with Crippen molar-refractivity contribution in [2.45, 2.75) is 30.6 Å². The molecule has 2 saturated heterocycles. The van der Waals surface area contributed by atoms with E-state index < -0.39 is 10.0 Å². The summed E-state index contributed by atoms with van der Waals surface area (Å²) in [5, 5.41) is 0. The van der Waals surface area contributed by atoms with Crippen molar-refractivity contribution in [2.24, 2.45) is 5.92 Å². The Kier molecular flexibility index (Phi) is 6.48. The zero-order valence-corrected chi connectivity index (χ0v) is 17.5. The van der Waals surface area contributed by atoms with E-state index in [1.54, 1.807) is 17.0 Å². The van der Waals surface area contributed by atoms with Gasteiger partial charge in [0.05, 0.1) is 18.1 Å². The highest BCUT2D eigenvalue weighted by atomic mass is 32.2. The second kappa shape index (κ2) is 9.26. The lowest BCUT2D eigenvalue weighted by Gasteiger charge is -2.34. The number of amides is 1. The van der Waals surface area contributed by atoms with Crippen LogP contribution >= 0.6 is 0 Å². The number of hydrogen-bond acceptors (Lipinski definition) is 5. The molecule has 2 aliphatic heterocycles. The van der Waals surface area contributed by atoms with Crippen LogP contribution in [-0.2, 0) is 26.0 Å². The predicted molar refractivity (Wildman–Crippen MR) is 111 cm³/mol. The zero-order chi connectivity index (χ0) is 21.0. The van der Waals surface area contributed by atoms with Crippen LogP contribution in [0.5, 0.6) is 0 Å². The molecule has 0 saturated carbocycles. The van der Waals surface area contributed by atoms with E-state index in [4.69, 9.17) is 9.47 Å². The van der Waals surface area contributed by atoms with E-state index in [0.29, 0.717) is 31.9 Å². The lowest BCUT2D eigenvalue weighted by atomic mass is 9.96. The Hall–Kier alpha value is -2.26. The van der Waals surface area contributed by atoms with Crippen molar-refractivity contribution in [3.05, 3.63) is 65.7 Å². The molecule has 2 fully saturated rings. The van der Waals surface area contributed by atoms with Gasteiger partial charge < -0.3 is 14.4 Å². The van der Waals surface area contributed by atoms with E-state index in [9.17, 15) is 13.2 Å². The molecule has 1 N–H and O–H groups in total. The minimum Gasteiger partial charge on any atom is -0.350 e. The summed E-state index contributed by atoms with van der Waals surface area (Å²) in [6.07, 6.45) is 1.57. The first-order chi connectivity index (χ1) is 14.5. The van der Waals surface area contributed by atoms with Gasteiger partial charge in [-0.25, -0.2) is 13.1 Å². The molecule has 8 heteroatoms. The van der Waals surface area contributed by atoms with Crippen molar-refractivity contribution in [1.29, 1.82) is 0 Å². The quantitative estimate of drug-likeness (QED) is 0.761. The van der Waals surface area contributed by atoms with Crippen LogP contribution in [-0.4, -0.2) is 51.8 Å². The molecular weight excluding hydrogens is 404 g/mol. The van der Waals surface area contributed by atoms with E-state index in [2.05, 4.69) is 4.72 Å². The fourth-order valence-corrected chi connectivity index (χ4v) is 4.96. The number of carbonyl (C=O) groups excluding carboxylic acids is 1. The van der Waals surface area contributed by atoms with Crippen molar-refractivity contribution in [3.8, 4) is 0 Å². The van der Waals surface area contributed by atoms with Gasteiger partial charge in [0.15, 0.2) is 6.29 Å². The van der Waals surface area contributed by atoms with Crippen molar-refractivity contribution < 1.29 is 22.7 Å². The van der Waals surface area contributed by atoms with Gasteiger partial charge in [0, 0.05) is 31.1 Å². The van der Waals surface area contributed by atoms with E-state index in [1.165, 1.54) is 12.1 Å². The molecule has 1 atom stereocenters. The number of nitrogens with one attached hydrogen (secondary N) is 1. The third-order valence-corrected chi connectivity index (χ3v) is 6.88. The number of likely N-dealkylation sites (tertiary alicyclic amines) is 1. The molecule has 0 aliphatic carbocycles. The first kappa shape index (κ1) is 21.0. The maximum atomic E-state index is 13.0. The number of carbonyl (C=O) groups is 1. The standard InChI is InChI=1S/C22H26N2O5S/c25-21(24-11-5-9-19(16-24)22-28-12-13-29-22)18-8-4-10-20(14-18)30(26,27)23-15-17-6-2-1-3-7-17/h1-4,6-8,10,14,19,22-23H,5,9,11-13,15-16H2. The number of rotatable bonds is 6. The summed E-state index contributed by atoms with van der Waals surface area (Å²) in [5.41, 5.74) is 1.23. The van der Waals surface area contributed by atoms with Gasteiger partial charge in [-0.1, -0.05) is 36.4 Å². The Labute approximate surface area is 177 Å².